The average molecular weight is 498 g/mol. The van der Waals surface area contributed by atoms with Gasteiger partial charge in [-0.15, -0.1) is 0 Å². The van der Waals surface area contributed by atoms with Gasteiger partial charge >= 0.3 is 17.8 Å². The first-order chi connectivity index (χ1) is 15.3. The van der Waals surface area contributed by atoms with E-state index in [0.29, 0.717) is 27.1 Å². The number of hydrogen-bond acceptors (Lipinski definition) is 5. The van der Waals surface area contributed by atoms with Crippen molar-refractivity contribution in [1.29, 1.82) is 0 Å². The average Bonchev–Trinajstić information content (AvgIpc) is 2.79. The van der Waals surface area contributed by atoms with Gasteiger partial charge in [-0.05, 0) is 76.9 Å². The zero-order valence-corrected chi connectivity index (χ0v) is 18.4. The molecule has 0 bridgehead atoms. The zero-order valence-electron chi connectivity index (χ0n) is 16.8. The number of hydrogen-bond donors (Lipinski definition) is 2. The van der Waals surface area contributed by atoms with E-state index in [0.717, 1.165) is 6.07 Å². The Balaban J connectivity index is 1.59. The van der Waals surface area contributed by atoms with E-state index in [1.165, 1.54) is 18.2 Å². The predicted octanol–water partition coefficient (Wildman–Crippen LogP) is 4.29. The Morgan fingerprint density at radius 1 is 0.906 bits per heavy atom. The van der Waals surface area contributed by atoms with Crippen molar-refractivity contribution in [3.8, 4) is 5.75 Å². The van der Waals surface area contributed by atoms with E-state index in [1.54, 1.807) is 55.5 Å². The van der Waals surface area contributed by atoms with Crippen LogP contribution < -0.4 is 15.5 Å². The molecule has 3 aromatic carbocycles. The number of esters is 1. The van der Waals surface area contributed by atoms with Gasteiger partial charge in [0.05, 0.1) is 17.0 Å². The lowest BCUT2D eigenvalue weighted by atomic mass is 10.1. The lowest BCUT2D eigenvalue weighted by Crippen LogP contribution is -2.33. The normalized spacial score (nSPS) is 10.9. The fraction of sp³-hybridized carbons (Fsp3) is 0.0435. The van der Waals surface area contributed by atoms with Crippen LogP contribution in [-0.2, 0) is 9.59 Å². The maximum atomic E-state index is 13.6. The quantitative estimate of drug-likeness (QED) is 0.180. The molecule has 0 aliphatic carbocycles. The number of ether oxygens (including phenoxy) is 1. The molecule has 3 aromatic rings. The monoisotopic (exact) mass is 497 g/mol. The SMILES string of the molecule is C/C(=N\NC(=O)C(=O)Nc1ccccc1F)c1ccc(OC(=O)c2ccccc2Br)cc1. The molecule has 0 radical (unpaired) electrons. The topological polar surface area (TPSA) is 96.9 Å². The molecule has 0 aromatic heterocycles. The summed E-state index contributed by atoms with van der Waals surface area (Å²) in [5, 5.41) is 6.05. The number of benzene rings is 3. The summed E-state index contributed by atoms with van der Waals surface area (Å²) in [6.07, 6.45) is 0. The molecule has 0 saturated heterocycles. The Morgan fingerprint density at radius 2 is 1.56 bits per heavy atom. The first-order valence-electron chi connectivity index (χ1n) is 9.32. The molecule has 32 heavy (non-hydrogen) atoms. The Bertz CT molecular complexity index is 1200. The van der Waals surface area contributed by atoms with E-state index in [4.69, 9.17) is 4.74 Å². The first kappa shape index (κ1) is 22.8. The second-order valence-electron chi connectivity index (χ2n) is 6.47. The molecule has 0 heterocycles. The van der Waals surface area contributed by atoms with Crippen LogP contribution >= 0.6 is 15.9 Å². The largest absolute Gasteiger partial charge is 0.423 e. The third-order valence-electron chi connectivity index (χ3n) is 4.23. The van der Waals surface area contributed by atoms with Crippen molar-refractivity contribution in [2.24, 2.45) is 5.10 Å². The molecule has 0 saturated carbocycles. The lowest BCUT2D eigenvalue weighted by Gasteiger charge is -2.07. The van der Waals surface area contributed by atoms with Crippen molar-refractivity contribution in [2.45, 2.75) is 6.92 Å². The van der Waals surface area contributed by atoms with Crippen molar-refractivity contribution >= 4 is 45.1 Å². The van der Waals surface area contributed by atoms with E-state index in [9.17, 15) is 18.8 Å². The van der Waals surface area contributed by atoms with Gasteiger partial charge in [0.2, 0.25) is 0 Å². The molecule has 0 unspecified atom stereocenters. The van der Waals surface area contributed by atoms with Crippen LogP contribution in [0.4, 0.5) is 10.1 Å². The molecule has 0 fully saturated rings. The highest BCUT2D eigenvalue weighted by atomic mass is 79.9. The van der Waals surface area contributed by atoms with Crippen molar-refractivity contribution in [3.63, 3.8) is 0 Å². The van der Waals surface area contributed by atoms with E-state index in [-0.39, 0.29) is 5.69 Å². The molecule has 9 heteroatoms. The number of nitrogens with one attached hydrogen (secondary N) is 2. The predicted molar refractivity (Wildman–Crippen MR) is 121 cm³/mol. The van der Waals surface area contributed by atoms with Gasteiger partial charge < -0.3 is 10.1 Å². The molecule has 7 nitrogen and oxygen atoms in total. The van der Waals surface area contributed by atoms with E-state index in [1.807, 2.05) is 0 Å². The summed E-state index contributed by atoms with van der Waals surface area (Å²) in [5.74, 6) is -2.94. The molecule has 3 rings (SSSR count). The Labute approximate surface area is 191 Å². The number of nitrogens with zero attached hydrogens (tertiary/aromatic N) is 1. The van der Waals surface area contributed by atoms with E-state index in [2.05, 4.69) is 31.8 Å². The number of para-hydroxylation sites is 1. The highest BCUT2D eigenvalue weighted by molar-refractivity contribution is 9.10. The van der Waals surface area contributed by atoms with Gasteiger partial charge in [-0.3, -0.25) is 9.59 Å². The highest BCUT2D eigenvalue weighted by Gasteiger charge is 2.15. The van der Waals surface area contributed by atoms with Gasteiger partial charge in [0, 0.05) is 4.47 Å². The third kappa shape index (κ3) is 5.86. The van der Waals surface area contributed by atoms with Gasteiger partial charge in [-0.1, -0.05) is 24.3 Å². The van der Waals surface area contributed by atoms with Crippen LogP contribution in [0.5, 0.6) is 5.75 Å². The number of hydrazone groups is 1. The second kappa shape index (κ2) is 10.5. The van der Waals surface area contributed by atoms with Gasteiger partial charge in [0.1, 0.15) is 11.6 Å². The number of anilines is 1. The maximum Gasteiger partial charge on any atom is 0.344 e. The Hall–Kier alpha value is -3.85. The summed E-state index contributed by atoms with van der Waals surface area (Å²) in [5.41, 5.74) is 3.43. The van der Waals surface area contributed by atoms with Crippen molar-refractivity contribution in [1.82, 2.24) is 5.43 Å². The molecule has 0 aliphatic rings. The first-order valence-corrected chi connectivity index (χ1v) is 10.1. The van der Waals surface area contributed by atoms with Crippen LogP contribution in [0.1, 0.15) is 22.8 Å². The number of amides is 2. The summed E-state index contributed by atoms with van der Waals surface area (Å²) in [4.78, 5) is 36.1. The minimum atomic E-state index is -1.05. The van der Waals surface area contributed by atoms with Crippen LogP contribution in [0.15, 0.2) is 82.4 Å². The molecule has 0 spiro atoms. The minimum Gasteiger partial charge on any atom is -0.423 e. The molecule has 0 aliphatic heterocycles. The fourth-order valence-corrected chi connectivity index (χ4v) is 2.99. The Morgan fingerprint density at radius 3 is 2.25 bits per heavy atom. The minimum absolute atomic E-state index is 0.110. The van der Waals surface area contributed by atoms with Crippen molar-refractivity contribution in [3.05, 3.63) is 94.2 Å². The van der Waals surface area contributed by atoms with Crippen LogP contribution in [0, 0.1) is 5.82 Å². The lowest BCUT2D eigenvalue weighted by molar-refractivity contribution is -0.136. The number of halogens is 2. The van der Waals surface area contributed by atoms with Crippen LogP contribution in [0.25, 0.3) is 0 Å². The van der Waals surface area contributed by atoms with E-state index < -0.39 is 23.6 Å². The second-order valence-corrected chi connectivity index (χ2v) is 7.32. The van der Waals surface area contributed by atoms with Crippen molar-refractivity contribution in [2.75, 3.05) is 5.32 Å². The number of carbonyl (C=O) groups is 3. The molecular formula is C23H17BrFN3O4. The maximum absolute atomic E-state index is 13.6. The third-order valence-corrected chi connectivity index (χ3v) is 4.92. The summed E-state index contributed by atoms with van der Waals surface area (Å²) in [6, 6.07) is 18.8. The van der Waals surface area contributed by atoms with Crippen LogP contribution in [0.3, 0.4) is 0 Å². The highest BCUT2D eigenvalue weighted by Crippen LogP contribution is 2.20. The number of carbonyl (C=O) groups excluding carboxylic acids is 3. The number of rotatable bonds is 5. The van der Waals surface area contributed by atoms with Crippen LogP contribution in [0.2, 0.25) is 0 Å². The standard InChI is InChI=1S/C23H17BrFN3O4/c1-14(27-28-22(30)21(29)26-20-9-5-4-8-19(20)25)15-10-12-16(13-11-15)32-23(31)17-6-2-3-7-18(17)24/h2-13H,1H3,(H,26,29)(H,28,30)/b27-14+. The Kier molecular flexibility index (Phi) is 7.45. The van der Waals surface area contributed by atoms with Gasteiger partial charge in [0.15, 0.2) is 0 Å². The van der Waals surface area contributed by atoms with Crippen molar-refractivity contribution < 1.29 is 23.5 Å². The molecule has 162 valence electrons. The molecular weight excluding hydrogens is 481 g/mol. The summed E-state index contributed by atoms with van der Waals surface area (Å²) in [6.45, 7) is 1.62. The summed E-state index contributed by atoms with van der Waals surface area (Å²) < 4.78 is 19.5. The summed E-state index contributed by atoms with van der Waals surface area (Å²) in [7, 11) is 0. The zero-order chi connectivity index (χ0) is 23.1. The fourth-order valence-electron chi connectivity index (χ4n) is 2.54. The van der Waals surface area contributed by atoms with Gasteiger partial charge in [-0.25, -0.2) is 14.6 Å². The van der Waals surface area contributed by atoms with Crippen LogP contribution in [-0.4, -0.2) is 23.5 Å². The molecule has 2 N–H and O–H groups in total. The molecule has 2 amide bonds. The van der Waals surface area contributed by atoms with E-state index >= 15 is 0 Å². The van der Waals surface area contributed by atoms with Gasteiger partial charge in [-0.2, -0.15) is 5.10 Å². The molecule has 0 atom stereocenters. The summed E-state index contributed by atoms with van der Waals surface area (Å²) >= 11 is 3.30. The smallest absolute Gasteiger partial charge is 0.344 e. The van der Waals surface area contributed by atoms with Gasteiger partial charge in [0.25, 0.3) is 0 Å².